The Morgan fingerprint density at radius 3 is 2.12 bits per heavy atom. The largest absolute Gasteiger partial charge is 0.507 e. The minimum atomic E-state index is -0.625. The fraction of sp³-hybridized carbons (Fsp3) is 0.0385. The van der Waals surface area contributed by atoms with E-state index in [0.717, 1.165) is 11.1 Å². The molecule has 156 valence electrons. The molecule has 0 saturated carbocycles. The molecule has 2 N–H and O–H groups in total. The number of carbonyl (C=O) groups is 1. The van der Waals surface area contributed by atoms with E-state index in [1.165, 1.54) is 18.2 Å². The van der Waals surface area contributed by atoms with Gasteiger partial charge in [-0.2, -0.15) is 5.26 Å². The second-order valence-corrected chi connectivity index (χ2v) is 7.07. The third-order valence-corrected chi connectivity index (χ3v) is 5.00. The topological polar surface area (TPSA) is 103 Å². The summed E-state index contributed by atoms with van der Waals surface area (Å²) in [5.74, 6) is -0.838. The van der Waals surface area contributed by atoms with E-state index in [0.29, 0.717) is 5.39 Å². The zero-order valence-electron chi connectivity index (χ0n) is 16.9. The van der Waals surface area contributed by atoms with Crippen LogP contribution in [-0.2, 0) is 4.79 Å². The van der Waals surface area contributed by atoms with Crippen LogP contribution in [0.4, 0.5) is 0 Å². The smallest absolute Gasteiger partial charge is 0.336 e. The van der Waals surface area contributed by atoms with Crippen molar-refractivity contribution in [1.82, 2.24) is 5.32 Å². The van der Waals surface area contributed by atoms with Gasteiger partial charge in [-0.05, 0) is 35.4 Å². The van der Waals surface area contributed by atoms with Gasteiger partial charge in [-0.1, -0.05) is 60.7 Å². The molecule has 1 heterocycles. The summed E-state index contributed by atoms with van der Waals surface area (Å²) >= 11 is 0. The summed E-state index contributed by atoms with van der Waals surface area (Å²) in [5.41, 5.74) is 1.04. The zero-order chi connectivity index (χ0) is 22.5. The highest BCUT2D eigenvalue weighted by molar-refractivity contribution is 6.04. The number of nitrogens with one attached hydrogen (secondary N) is 1. The summed E-state index contributed by atoms with van der Waals surface area (Å²) in [6.45, 7) is 0. The molecule has 0 fully saturated rings. The maximum absolute atomic E-state index is 13.1. The summed E-state index contributed by atoms with van der Waals surface area (Å²) in [7, 11) is 0. The Morgan fingerprint density at radius 2 is 1.53 bits per heavy atom. The molecule has 0 aliphatic heterocycles. The maximum atomic E-state index is 13.1. The van der Waals surface area contributed by atoms with Crippen molar-refractivity contribution in [1.29, 1.82) is 5.26 Å². The predicted molar refractivity (Wildman–Crippen MR) is 121 cm³/mol. The van der Waals surface area contributed by atoms with Gasteiger partial charge in [0.15, 0.2) is 0 Å². The molecule has 4 aromatic rings. The van der Waals surface area contributed by atoms with Gasteiger partial charge in [0.2, 0.25) is 0 Å². The number of amides is 1. The zero-order valence-corrected chi connectivity index (χ0v) is 16.9. The van der Waals surface area contributed by atoms with Gasteiger partial charge < -0.3 is 14.8 Å². The van der Waals surface area contributed by atoms with Gasteiger partial charge in [0, 0.05) is 11.5 Å². The number of phenols is 1. The van der Waals surface area contributed by atoms with Gasteiger partial charge in [0.05, 0.1) is 11.6 Å². The minimum absolute atomic E-state index is 0.0860. The summed E-state index contributed by atoms with van der Waals surface area (Å²) in [4.78, 5) is 24.8. The van der Waals surface area contributed by atoms with Gasteiger partial charge in [-0.25, -0.2) is 4.79 Å². The van der Waals surface area contributed by atoms with Crippen molar-refractivity contribution in [2.24, 2.45) is 0 Å². The fourth-order valence-electron chi connectivity index (χ4n) is 3.43. The number of rotatable bonds is 5. The lowest BCUT2D eigenvalue weighted by atomic mass is 9.98. The molecule has 0 saturated heterocycles. The van der Waals surface area contributed by atoms with E-state index >= 15 is 0 Å². The number of fused-ring (bicyclic) bond motifs is 1. The van der Waals surface area contributed by atoms with Crippen LogP contribution in [0.2, 0.25) is 0 Å². The first-order chi connectivity index (χ1) is 15.6. The van der Waals surface area contributed by atoms with Crippen LogP contribution in [0, 0.1) is 11.3 Å². The number of hydrogen-bond acceptors (Lipinski definition) is 5. The van der Waals surface area contributed by atoms with Crippen molar-refractivity contribution in [3.05, 3.63) is 118 Å². The van der Waals surface area contributed by atoms with E-state index in [4.69, 9.17) is 4.42 Å². The second kappa shape index (κ2) is 9.02. The lowest BCUT2D eigenvalue weighted by Gasteiger charge is -2.19. The summed E-state index contributed by atoms with van der Waals surface area (Å²) < 4.78 is 5.22. The Kier molecular flexibility index (Phi) is 5.82. The van der Waals surface area contributed by atoms with Gasteiger partial charge in [0.25, 0.3) is 5.91 Å². The minimum Gasteiger partial charge on any atom is -0.507 e. The third-order valence-electron chi connectivity index (χ3n) is 5.00. The number of hydrogen-bond donors (Lipinski definition) is 2. The SMILES string of the molecule is N#CC(=Cc1c(O)ccc2ccc(=O)oc12)C(=O)NC(c1ccccc1)c1ccccc1. The molecule has 0 aliphatic carbocycles. The van der Waals surface area contributed by atoms with Crippen LogP contribution >= 0.6 is 0 Å². The molecular formula is C26H18N2O4. The molecule has 32 heavy (non-hydrogen) atoms. The summed E-state index contributed by atoms with van der Waals surface area (Å²) in [5, 5.41) is 23.4. The average molecular weight is 422 g/mol. The normalized spacial score (nSPS) is 11.3. The standard InChI is InChI=1S/C26H18N2O4/c27-16-20(15-21-22(29)13-11-19-12-14-23(30)32-25(19)21)26(31)28-24(17-7-3-1-4-8-17)18-9-5-2-6-10-18/h1-15,24,29H,(H,28,31). The van der Waals surface area contributed by atoms with Gasteiger partial charge >= 0.3 is 5.63 Å². The Morgan fingerprint density at radius 1 is 0.938 bits per heavy atom. The molecule has 4 rings (SSSR count). The molecular weight excluding hydrogens is 404 g/mol. The van der Waals surface area contributed by atoms with E-state index in [1.807, 2.05) is 66.7 Å². The molecule has 1 amide bonds. The van der Waals surface area contributed by atoms with Crippen LogP contribution in [0.1, 0.15) is 22.7 Å². The third kappa shape index (κ3) is 4.27. The summed E-state index contributed by atoms with van der Waals surface area (Å²) in [6, 6.07) is 26.0. The molecule has 3 aromatic carbocycles. The monoisotopic (exact) mass is 422 g/mol. The van der Waals surface area contributed by atoms with Crippen LogP contribution < -0.4 is 10.9 Å². The highest BCUT2D eigenvalue weighted by Gasteiger charge is 2.20. The van der Waals surface area contributed by atoms with E-state index in [9.17, 15) is 20.0 Å². The predicted octanol–water partition coefficient (Wildman–Crippen LogP) is 4.31. The van der Waals surface area contributed by atoms with Crippen LogP contribution in [0.3, 0.4) is 0 Å². The van der Waals surface area contributed by atoms with E-state index in [-0.39, 0.29) is 22.5 Å². The second-order valence-electron chi connectivity index (χ2n) is 7.07. The number of nitrogens with zero attached hydrogens (tertiary/aromatic N) is 1. The Balaban J connectivity index is 1.74. The van der Waals surface area contributed by atoms with Gasteiger partial charge in [0.1, 0.15) is 23.0 Å². The van der Waals surface area contributed by atoms with Crippen LogP contribution in [0.5, 0.6) is 5.75 Å². The molecule has 1 aromatic heterocycles. The highest BCUT2D eigenvalue weighted by atomic mass is 16.4. The first kappa shape index (κ1) is 20.6. The van der Waals surface area contributed by atoms with E-state index in [2.05, 4.69) is 5.32 Å². The van der Waals surface area contributed by atoms with Crippen molar-refractivity contribution in [3.63, 3.8) is 0 Å². The molecule has 0 aliphatic rings. The van der Waals surface area contributed by atoms with Crippen molar-refractivity contribution in [2.45, 2.75) is 6.04 Å². The van der Waals surface area contributed by atoms with E-state index in [1.54, 1.807) is 12.1 Å². The van der Waals surface area contributed by atoms with Crippen LogP contribution in [-0.4, -0.2) is 11.0 Å². The maximum Gasteiger partial charge on any atom is 0.336 e. The lowest BCUT2D eigenvalue weighted by Crippen LogP contribution is -2.30. The molecule has 0 unspecified atom stereocenters. The number of nitriles is 1. The lowest BCUT2D eigenvalue weighted by molar-refractivity contribution is -0.117. The molecule has 0 spiro atoms. The first-order valence-corrected chi connectivity index (χ1v) is 9.85. The van der Waals surface area contributed by atoms with Crippen molar-refractivity contribution >= 4 is 23.0 Å². The molecule has 0 atom stereocenters. The van der Waals surface area contributed by atoms with Crippen LogP contribution in [0.15, 0.2) is 99.7 Å². The Bertz CT molecular complexity index is 1360. The summed E-state index contributed by atoms with van der Waals surface area (Å²) in [6.07, 6.45) is 1.23. The quantitative estimate of drug-likeness (QED) is 0.283. The number of carbonyl (C=O) groups excluding carboxylic acids is 1. The fourth-order valence-corrected chi connectivity index (χ4v) is 3.43. The average Bonchev–Trinajstić information content (AvgIpc) is 2.83. The Labute approximate surface area is 183 Å². The first-order valence-electron chi connectivity index (χ1n) is 9.85. The molecule has 0 bridgehead atoms. The molecule has 6 heteroatoms. The molecule has 0 radical (unpaired) electrons. The van der Waals surface area contributed by atoms with Gasteiger partial charge in [-0.15, -0.1) is 0 Å². The number of aromatic hydroxyl groups is 1. The Hall–Kier alpha value is -4.63. The number of phenolic OH excluding ortho intramolecular Hbond substituents is 1. The van der Waals surface area contributed by atoms with E-state index < -0.39 is 17.6 Å². The number of benzene rings is 3. The van der Waals surface area contributed by atoms with Crippen molar-refractivity contribution < 1.29 is 14.3 Å². The van der Waals surface area contributed by atoms with Gasteiger partial charge in [-0.3, -0.25) is 4.79 Å². The highest BCUT2D eigenvalue weighted by Crippen LogP contribution is 2.29. The van der Waals surface area contributed by atoms with Crippen molar-refractivity contribution in [3.8, 4) is 11.8 Å². The molecule has 6 nitrogen and oxygen atoms in total. The van der Waals surface area contributed by atoms with Crippen molar-refractivity contribution in [2.75, 3.05) is 0 Å². The van der Waals surface area contributed by atoms with Crippen LogP contribution in [0.25, 0.3) is 17.0 Å².